The molecule has 1 rings (SSSR count). The summed E-state index contributed by atoms with van der Waals surface area (Å²) in [5, 5.41) is 2.25. The molecule has 0 spiro atoms. The molecule has 18 heavy (non-hydrogen) atoms. The first-order valence-corrected chi connectivity index (χ1v) is 9.19. The highest BCUT2D eigenvalue weighted by Gasteiger charge is 2.13. The minimum absolute atomic E-state index is 0.0448. The maximum atomic E-state index is 13.7. The van der Waals surface area contributed by atoms with E-state index in [0.29, 0.717) is 0 Å². The van der Waals surface area contributed by atoms with Gasteiger partial charge in [-0.05, 0) is 24.4 Å². The molecule has 6 heteroatoms. The molecule has 0 saturated heterocycles. The van der Waals surface area contributed by atoms with Crippen LogP contribution in [0.2, 0.25) is 19.6 Å². The fourth-order valence-electron chi connectivity index (χ4n) is 1.13. The summed E-state index contributed by atoms with van der Waals surface area (Å²) >= 11 is 4.57. The van der Waals surface area contributed by atoms with E-state index < -0.39 is 19.7 Å². The van der Waals surface area contributed by atoms with Crippen LogP contribution in [0.25, 0.3) is 0 Å². The average Bonchev–Trinajstić information content (AvgIpc) is 2.22. The largest absolute Gasteiger partial charge is 0.376 e. The van der Waals surface area contributed by atoms with Crippen LogP contribution < -0.4 is 11.1 Å². The highest BCUT2D eigenvalue weighted by molar-refractivity contribution is 7.80. The van der Waals surface area contributed by atoms with Crippen molar-refractivity contribution >= 4 is 31.1 Å². The average molecular weight is 284 g/mol. The molecule has 0 aliphatic heterocycles. The zero-order chi connectivity index (χ0) is 13.9. The predicted octanol–water partition coefficient (Wildman–Crippen LogP) is 2.85. The predicted molar refractivity (Wildman–Crippen MR) is 77.0 cm³/mol. The third-order valence-corrected chi connectivity index (χ3v) is 2.89. The molecule has 0 aromatic heterocycles. The second-order valence-corrected chi connectivity index (χ2v) is 9.97. The Morgan fingerprint density at radius 1 is 1.28 bits per heavy atom. The zero-order valence-electron chi connectivity index (χ0n) is 10.4. The maximum absolute atomic E-state index is 13.7. The van der Waals surface area contributed by atoms with E-state index in [1.54, 1.807) is 0 Å². The van der Waals surface area contributed by atoms with Gasteiger partial charge in [-0.25, -0.2) is 8.78 Å². The van der Waals surface area contributed by atoms with Crippen molar-refractivity contribution in [3.8, 4) is 11.5 Å². The molecule has 1 aromatic rings. The van der Waals surface area contributed by atoms with Crippen LogP contribution in [-0.2, 0) is 0 Å². The lowest BCUT2D eigenvalue weighted by atomic mass is 10.2. The summed E-state index contributed by atoms with van der Waals surface area (Å²) in [5.41, 5.74) is 8.14. The molecule has 1 aromatic carbocycles. The van der Waals surface area contributed by atoms with Crippen LogP contribution in [0.4, 0.5) is 14.5 Å². The molecule has 0 radical (unpaired) electrons. The van der Waals surface area contributed by atoms with Gasteiger partial charge in [0.05, 0.1) is 11.3 Å². The number of nitrogens with one attached hydrogen (secondary N) is 1. The summed E-state index contributed by atoms with van der Waals surface area (Å²) < 4.78 is 27.3. The minimum Gasteiger partial charge on any atom is -0.376 e. The first kappa shape index (κ1) is 14.6. The van der Waals surface area contributed by atoms with Gasteiger partial charge in [-0.15, -0.1) is 5.54 Å². The lowest BCUT2D eigenvalue weighted by Crippen LogP contribution is -2.20. The molecule has 0 aliphatic carbocycles. The standard InChI is InChI=1S/C12H14F2N2SSi/c1-18(2,3)7-6-8-4-5-9(16-12(15)17)11(14)10(8)13/h4-5H,1-3H3,(H3,15,16,17). The molecule has 2 nitrogen and oxygen atoms in total. The molecule has 3 N–H and O–H groups in total. The lowest BCUT2D eigenvalue weighted by molar-refractivity contribution is 0.510. The summed E-state index contributed by atoms with van der Waals surface area (Å²) in [4.78, 5) is 0. The SMILES string of the molecule is C[Si](C)(C)C#Cc1ccc(NC(N)=S)c(F)c1F. The Hall–Kier alpha value is -1.45. The van der Waals surface area contributed by atoms with Gasteiger partial charge in [0.2, 0.25) is 0 Å². The molecule has 0 amide bonds. The summed E-state index contributed by atoms with van der Waals surface area (Å²) in [6.07, 6.45) is 0. The highest BCUT2D eigenvalue weighted by atomic mass is 32.1. The molecule has 0 unspecified atom stereocenters. The number of rotatable bonds is 1. The van der Waals surface area contributed by atoms with Crippen molar-refractivity contribution in [3.63, 3.8) is 0 Å². The van der Waals surface area contributed by atoms with Crippen molar-refractivity contribution in [2.45, 2.75) is 19.6 Å². The molecule has 0 bridgehead atoms. The monoisotopic (exact) mass is 284 g/mol. The normalized spacial score (nSPS) is 10.5. The van der Waals surface area contributed by atoms with Gasteiger partial charge in [0, 0.05) is 0 Å². The second-order valence-electron chi connectivity index (χ2n) is 4.78. The molecular weight excluding hydrogens is 270 g/mol. The van der Waals surface area contributed by atoms with E-state index >= 15 is 0 Å². The third-order valence-electron chi connectivity index (χ3n) is 1.91. The summed E-state index contributed by atoms with van der Waals surface area (Å²) in [6, 6.07) is 2.78. The Kier molecular flexibility index (Phi) is 4.43. The Morgan fingerprint density at radius 3 is 2.39 bits per heavy atom. The number of benzene rings is 1. The van der Waals surface area contributed by atoms with Gasteiger partial charge in [-0.3, -0.25) is 0 Å². The van der Waals surface area contributed by atoms with Crippen molar-refractivity contribution in [2.75, 3.05) is 5.32 Å². The molecule has 0 aliphatic rings. The van der Waals surface area contributed by atoms with Gasteiger partial charge < -0.3 is 11.1 Å². The Balaban J connectivity index is 3.15. The van der Waals surface area contributed by atoms with Crippen LogP contribution in [0.3, 0.4) is 0 Å². The maximum Gasteiger partial charge on any atom is 0.183 e. The van der Waals surface area contributed by atoms with E-state index in [0.717, 1.165) is 0 Å². The van der Waals surface area contributed by atoms with Gasteiger partial charge in [0.1, 0.15) is 8.07 Å². The number of halogens is 2. The third kappa shape index (κ3) is 4.09. The van der Waals surface area contributed by atoms with Crippen molar-refractivity contribution in [2.24, 2.45) is 5.73 Å². The van der Waals surface area contributed by atoms with Crippen molar-refractivity contribution in [3.05, 3.63) is 29.3 Å². The molecular formula is C12H14F2N2SSi. The first-order chi connectivity index (χ1) is 8.20. The first-order valence-electron chi connectivity index (χ1n) is 5.28. The van der Waals surface area contributed by atoms with E-state index in [1.165, 1.54) is 12.1 Å². The quantitative estimate of drug-likeness (QED) is 0.473. The lowest BCUT2D eigenvalue weighted by Gasteiger charge is -2.07. The van der Waals surface area contributed by atoms with E-state index in [2.05, 4.69) is 29.0 Å². The van der Waals surface area contributed by atoms with Crippen molar-refractivity contribution in [1.29, 1.82) is 0 Å². The van der Waals surface area contributed by atoms with Crippen LogP contribution in [0.5, 0.6) is 0 Å². The van der Waals surface area contributed by atoms with Crippen LogP contribution in [0.15, 0.2) is 12.1 Å². The molecule has 96 valence electrons. The van der Waals surface area contributed by atoms with Crippen LogP contribution in [0.1, 0.15) is 5.56 Å². The van der Waals surface area contributed by atoms with Gasteiger partial charge in [-0.2, -0.15) is 0 Å². The molecule has 0 atom stereocenters. The number of anilines is 1. The molecule has 0 saturated carbocycles. The summed E-state index contributed by atoms with van der Waals surface area (Å²) in [7, 11) is -1.63. The number of thiocarbonyl (C=S) groups is 1. The van der Waals surface area contributed by atoms with E-state index in [9.17, 15) is 8.78 Å². The van der Waals surface area contributed by atoms with Crippen LogP contribution >= 0.6 is 12.2 Å². The topological polar surface area (TPSA) is 38.0 Å². The Labute approximate surface area is 112 Å². The highest BCUT2D eigenvalue weighted by Crippen LogP contribution is 2.20. The van der Waals surface area contributed by atoms with Gasteiger partial charge in [0.25, 0.3) is 0 Å². The number of hydrogen-bond donors (Lipinski definition) is 2. The summed E-state index contributed by atoms with van der Waals surface area (Å²) in [5.74, 6) is 0.672. The van der Waals surface area contributed by atoms with E-state index in [-0.39, 0.29) is 16.4 Å². The minimum atomic E-state index is -1.63. The number of hydrogen-bond acceptors (Lipinski definition) is 1. The Morgan fingerprint density at radius 2 is 1.89 bits per heavy atom. The van der Waals surface area contributed by atoms with Crippen LogP contribution in [0, 0.1) is 23.1 Å². The van der Waals surface area contributed by atoms with Gasteiger partial charge >= 0.3 is 0 Å². The molecule has 0 heterocycles. The van der Waals surface area contributed by atoms with Crippen molar-refractivity contribution < 1.29 is 8.78 Å². The number of nitrogens with two attached hydrogens (primary N) is 1. The van der Waals surface area contributed by atoms with Gasteiger partial charge in [-0.1, -0.05) is 25.6 Å². The fourth-order valence-corrected chi connectivity index (χ4v) is 1.75. The fraction of sp³-hybridized carbons (Fsp3) is 0.250. The Bertz CT molecular complexity index is 541. The molecule has 0 fully saturated rings. The van der Waals surface area contributed by atoms with E-state index in [1.807, 2.05) is 19.6 Å². The zero-order valence-corrected chi connectivity index (χ0v) is 12.2. The van der Waals surface area contributed by atoms with E-state index in [4.69, 9.17) is 5.73 Å². The van der Waals surface area contributed by atoms with Crippen LogP contribution in [-0.4, -0.2) is 13.2 Å². The van der Waals surface area contributed by atoms with Gasteiger partial charge in [0.15, 0.2) is 16.7 Å². The van der Waals surface area contributed by atoms with Crippen molar-refractivity contribution in [1.82, 2.24) is 0 Å². The summed E-state index contributed by atoms with van der Waals surface area (Å²) in [6.45, 7) is 6.07. The smallest absolute Gasteiger partial charge is 0.183 e. The second kappa shape index (κ2) is 5.46.